The van der Waals surface area contributed by atoms with Gasteiger partial charge in [0.25, 0.3) is 10.0 Å². The highest BCUT2D eigenvalue weighted by Crippen LogP contribution is 2.32. The normalized spacial score (nSPS) is 17.7. The maximum Gasteiger partial charge on any atom is 0.266 e. The summed E-state index contributed by atoms with van der Waals surface area (Å²) < 4.78 is 35.6. The van der Waals surface area contributed by atoms with Crippen LogP contribution in [0.15, 0.2) is 33.8 Å². The van der Waals surface area contributed by atoms with Gasteiger partial charge < -0.3 is 9.73 Å². The smallest absolute Gasteiger partial charge is 0.266 e. The van der Waals surface area contributed by atoms with Gasteiger partial charge in [-0.15, -0.1) is 0 Å². The van der Waals surface area contributed by atoms with Crippen LogP contribution in [0.4, 0.5) is 11.4 Å². The molecule has 1 aliphatic rings. The number of furan rings is 1. The summed E-state index contributed by atoms with van der Waals surface area (Å²) >= 11 is 6.17. The molecule has 0 saturated carbocycles. The van der Waals surface area contributed by atoms with Gasteiger partial charge in [0.2, 0.25) is 0 Å². The van der Waals surface area contributed by atoms with Gasteiger partial charge in [-0.05, 0) is 51.1 Å². The zero-order valence-electron chi connectivity index (χ0n) is 17.3. The third-order valence-electron chi connectivity index (χ3n) is 5.61. The lowest BCUT2D eigenvalue weighted by molar-refractivity contribution is 0.277. The Kier molecular flexibility index (Phi) is 5.69. The van der Waals surface area contributed by atoms with Crippen molar-refractivity contribution in [3.05, 3.63) is 35.3 Å². The van der Waals surface area contributed by atoms with Gasteiger partial charge >= 0.3 is 0 Å². The van der Waals surface area contributed by atoms with Gasteiger partial charge in [-0.1, -0.05) is 18.5 Å². The Morgan fingerprint density at radius 2 is 2.17 bits per heavy atom. The van der Waals surface area contributed by atoms with Gasteiger partial charge in [-0.25, -0.2) is 8.42 Å². The molecule has 1 fully saturated rings. The van der Waals surface area contributed by atoms with Crippen molar-refractivity contribution in [3.63, 3.8) is 0 Å². The average molecular weight is 452 g/mol. The van der Waals surface area contributed by atoms with E-state index >= 15 is 0 Å². The van der Waals surface area contributed by atoms with Crippen molar-refractivity contribution in [2.24, 2.45) is 7.05 Å². The fourth-order valence-electron chi connectivity index (χ4n) is 4.16. The van der Waals surface area contributed by atoms with E-state index in [2.05, 4.69) is 27.0 Å². The van der Waals surface area contributed by atoms with Gasteiger partial charge in [0.1, 0.15) is 10.0 Å². The van der Waals surface area contributed by atoms with Gasteiger partial charge in [0.05, 0.1) is 23.3 Å². The lowest BCUT2D eigenvalue weighted by Crippen LogP contribution is -2.34. The van der Waals surface area contributed by atoms with Crippen LogP contribution in [0.2, 0.25) is 5.15 Å². The number of aromatic nitrogens is 2. The predicted molar refractivity (Wildman–Crippen MR) is 119 cm³/mol. The minimum atomic E-state index is -3.90. The van der Waals surface area contributed by atoms with Crippen molar-refractivity contribution in [1.29, 1.82) is 0 Å². The molecule has 162 valence electrons. The second kappa shape index (κ2) is 8.13. The standard InChI is InChI=1S/C20H26ClN5O3S/c1-4-26-8-5-6-16(26)12-22-17-11-15(10-14-7-9-29-18(14)17)24-30(27,28)19-13(2)23-25(3)20(19)21/h7,9-11,16,22,24H,4-6,8,12H2,1-3H3. The van der Waals surface area contributed by atoms with E-state index in [1.165, 1.54) is 11.1 Å². The molecule has 1 aliphatic heterocycles. The van der Waals surface area contributed by atoms with E-state index in [1.807, 2.05) is 6.07 Å². The van der Waals surface area contributed by atoms with Crippen molar-refractivity contribution in [2.45, 2.75) is 37.6 Å². The fourth-order valence-corrected chi connectivity index (χ4v) is 5.96. The second-order valence-electron chi connectivity index (χ2n) is 7.60. The number of likely N-dealkylation sites (tertiary alicyclic amines) is 1. The van der Waals surface area contributed by atoms with E-state index in [0.29, 0.717) is 23.0 Å². The molecule has 4 rings (SSSR count). The summed E-state index contributed by atoms with van der Waals surface area (Å²) in [6.45, 7) is 6.70. The Bertz CT molecular complexity index is 1170. The van der Waals surface area contributed by atoms with E-state index in [4.69, 9.17) is 16.0 Å². The minimum Gasteiger partial charge on any atom is -0.462 e. The summed E-state index contributed by atoms with van der Waals surface area (Å²) in [4.78, 5) is 2.43. The average Bonchev–Trinajstić information content (AvgIpc) is 3.39. The maximum atomic E-state index is 13.0. The van der Waals surface area contributed by atoms with E-state index in [-0.39, 0.29) is 10.0 Å². The molecule has 1 aromatic carbocycles. The molecule has 0 aliphatic carbocycles. The first-order valence-electron chi connectivity index (χ1n) is 10.0. The number of fused-ring (bicyclic) bond motifs is 1. The molecule has 1 unspecified atom stereocenters. The van der Waals surface area contributed by atoms with Crippen molar-refractivity contribution >= 4 is 44.0 Å². The molecule has 0 radical (unpaired) electrons. The molecule has 0 amide bonds. The molecular formula is C20H26ClN5O3S. The monoisotopic (exact) mass is 451 g/mol. The van der Waals surface area contributed by atoms with E-state index in [9.17, 15) is 8.42 Å². The number of hydrogen-bond donors (Lipinski definition) is 2. The van der Waals surface area contributed by atoms with Crippen molar-refractivity contribution in [1.82, 2.24) is 14.7 Å². The number of nitrogens with one attached hydrogen (secondary N) is 2. The molecule has 1 saturated heterocycles. The van der Waals surface area contributed by atoms with E-state index < -0.39 is 10.0 Å². The van der Waals surface area contributed by atoms with E-state index in [1.54, 1.807) is 32.4 Å². The SMILES string of the molecule is CCN1CCCC1CNc1cc(NS(=O)(=O)c2c(C)nn(C)c2Cl)cc2ccoc12. The Morgan fingerprint density at radius 3 is 2.87 bits per heavy atom. The molecule has 10 heteroatoms. The van der Waals surface area contributed by atoms with Crippen LogP contribution in [0, 0.1) is 6.92 Å². The molecule has 2 aromatic heterocycles. The van der Waals surface area contributed by atoms with Crippen LogP contribution < -0.4 is 10.0 Å². The number of rotatable bonds is 7. The Hall–Kier alpha value is -2.23. The zero-order valence-corrected chi connectivity index (χ0v) is 18.8. The number of nitrogens with zero attached hydrogens (tertiary/aromatic N) is 3. The molecule has 2 N–H and O–H groups in total. The highest BCUT2D eigenvalue weighted by Gasteiger charge is 2.26. The number of benzene rings is 1. The van der Waals surface area contributed by atoms with Crippen molar-refractivity contribution in [2.75, 3.05) is 29.7 Å². The highest BCUT2D eigenvalue weighted by molar-refractivity contribution is 7.92. The minimum absolute atomic E-state index is 0.0157. The lowest BCUT2D eigenvalue weighted by atomic mass is 10.2. The second-order valence-corrected chi connectivity index (χ2v) is 9.58. The topological polar surface area (TPSA) is 92.4 Å². The number of anilines is 2. The van der Waals surface area contributed by atoms with Crippen LogP contribution in [0.1, 0.15) is 25.5 Å². The van der Waals surface area contributed by atoms with Gasteiger partial charge in [0.15, 0.2) is 5.58 Å². The van der Waals surface area contributed by atoms with Gasteiger partial charge in [-0.2, -0.15) is 5.10 Å². The highest BCUT2D eigenvalue weighted by atomic mass is 35.5. The molecular weight excluding hydrogens is 426 g/mol. The summed E-state index contributed by atoms with van der Waals surface area (Å²) in [6, 6.07) is 5.77. The fraction of sp³-hybridized carbons (Fsp3) is 0.450. The number of halogens is 1. The van der Waals surface area contributed by atoms with Crippen LogP contribution in [0.5, 0.6) is 0 Å². The maximum absolute atomic E-state index is 13.0. The quantitative estimate of drug-likeness (QED) is 0.567. The first-order valence-corrected chi connectivity index (χ1v) is 11.9. The Labute approximate surface area is 181 Å². The predicted octanol–water partition coefficient (Wildman–Crippen LogP) is 3.83. The summed E-state index contributed by atoms with van der Waals surface area (Å²) in [7, 11) is -2.29. The number of aryl methyl sites for hydroxylation is 2. The molecule has 1 atom stereocenters. The van der Waals surface area contributed by atoms with Crippen molar-refractivity contribution < 1.29 is 12.8 Å². The third-order valence-corrected chi connectivity index (χ3v) is 7.68. The van der Waals surface area contributed by atoms with Crippen LogP contribution in [-0.4, -0.2) is 48.8 Å². The Balaban J connectivity index is 1.62. The number of sulfonamides is 1. The molecule has 3 aromatic rings. The Morgan fingerprint density at radius 1 is 1.37 bits per heavy atom. The molecule has 0 bridgehead atoms. The molecule has 8 nitrogen and oxygen atoms in total. The summed E-state index contributed by atoms with van der Waals surface area (Å²) in [5, 5.41) is 8.44. The largest absolute Gasteiger partial charge is 0.462 e. The summed E-state index contributed by atoms with van der Waals surface area (Å²) in [5.41, 5.74) is 2.24. The van der Waals surface area contributed by atoms with E-state index in [0.717, 1.165) is 37.1 Å². The lowest BCUT2D eigenvalue weighted by Gasteiger charge is -2.23. The molecule has 3 heterocycles. The number of hydrogen-bond acceptors (Lipinski definition) is 6. The van der Waals surface area contributed by atoms with Gasteiger partial charge in [0, 0.05) is 25.0 Å². The first kappa shape index (κ1) is 21.0. The molecule has 30 heavy (non-hydrogen) atoms. The van der Waals surface area contributed by atoms with Crippen LogP contribution >= 0.6 is 11.6 Å². The summed E-state index contributed by atoms with van der Waals surface area (Å²) in [5.74, 6) is 0. The first-order chi connectivity index (χ1) is 14.3. The van der Waals surface area contributed by atoms with Gasteiger partial charge in [-0.3, -0.25) is 14.3 Å². The van der Waals surface area contributed by atoms with Crippen LogP contribution in [0.25, 0.3) is 11.0 Å². The third kappa shape index (κ3) is 3.89. The summed E-state index contributed by atoms with van der Waals surface area (Å²) in [6.07, 6.45) is 3.94. The zero-order chi connectivity index (χ0) is 21.5. The molecule has 0 spiro atoms. The van der Waals surface area contributed by atoms with Crippen LogP contribution in [-0.2, 0) is 17.1 Å². The van der Waals surface area contributed by atoms with Crippen molar-refractivity contribution in [3.8, 4) is 0 Å². The van der Waals surface area contributed by atoms with Crippen LogP contribution in [0.3, 0.4) is 0 Å². The number of likely N-dealkylation sites (N-methyl/N-ethyl adjacent to an activating group) is 1.